The molecule has 0 spiro atoms. The van der Waals surface area contributed by atoms with Crippen LogP contribution in [-0.2, 0) is 0 Å². The largest absolute Gasteiger partial charge is 0.487 e. The molecule has 1 aliphatic rings. The van der Waals surface area contributed by atoms with Crippen LogP contribution in [0.3, 0.4) is 0 Å². The first-order valence-electron chi connectivity index (χ1n) is 5.90. The summed E-state index contributed by atoms with van der Waals surface area (Å²) in [6.07, 6.45) is 1.81. The maximum absolute atomic E-state index is 10.8. The summed E-state index contributed by atoms with van der Waals surface area (Å²) in [4.78, 5) is 10.4. The molecule has 1 saturated carbocycles. The molecule has 0 saturated heterocycles. The lowest BCUT2D eigenvalue weighted by Gasteiger charge is -2.16. The fourth-order valence-electron chi connectivity index (χ4n) is 1.79. The molecule has 0 heterocycles. The van der Waals surface area contributed by atoms with Gasteiger partial charge in [-0.25, -0.2) is 0 Å². The second-order valence-corrected chi connectivity index (χ2v) is 4.44. The Morgan fingerprint density at radius 3 is 2.78 bits per heavy atom. The normalized spacial score (nSPS) is 16.1. The third-order valence-corrected chi connectivity index (χ3v) is 3.02. The molecule has 0 aliphatic heterocycles. The van der Waals surface area contributed by atoms with Crippen molar-refractivity contribution in [1.29, 1.82) is 0 Å². The average molecular weight is 252 g/mol. The molecule has 2 N–H and O–H groups in total. The van der Waals surface area contributed by atoms with Crippen LogP contribution in [0.4, 0.5) is 11.4 Å². The summed E-state index contributed by atoms with van der Waals surface area (Å²) in [6.45, 7) is 2.21. The lowest BCUT2D eigenvalue weighted by Crippen LogP contribution is -2.25. The topological polar surface area (TPSA) is 84.6 Å². The van der Waals surface area contributed by atoms with Gasteiger partial charge < -0.3 is 15.2 Å². The van der Waals surface area contributed by atoms with E-state index in [4.69, 9.17) is 4.74 Å². The number of aliphatic hydroxyl groups excluding tert-OH is 1. The Labute approximate surface area is 105 Å². The van der Waals surface area contributed by atoms with E-state index in [1.165, 1.54) is 6.07 Å². The van der Waals surface area contributed by atoms with Gasteiger partial charge in [-0.2, -0.15) is 0 Å². The number of nitrogens with one attached hydrogen (secondary N) is 1. The Bertz CT molecular complexity index is 457. The zero-order valence-electron chi connectivity index (χ0n) is 10.2. The average Bonchev–Trinajstić information content (AvgIpc) is 3.10. The van der Waals surface area contributed by atoms with Gasteiger partial charge >= 0.3 is 5.69 Å². The summed E-state index contributed by atoms with van der Waals surface area (Å²) in [5, 5.41) is 23.2. The number of anilines is 1. The highest BCUT2D eigenvalue weighted by Gasteiger charge is 2.42. The minimum atomic E-state index is -0.465. The maximum Gasteiger partial charge on any atom is 0.311 e. The van der Waals surface area contributed by atoms with Gasteiger partial charge in [-0.15, -0.1) is 0 Å². The molecule has 98 valence electrons. The van der Waals surface area contributed by atoms with E-state index in [-0.39, 0.29) is 23.6 Å². The van der Waals surface area contributed by atoms with Gasteiger partial charge in [0.25, 0.3) is 0 Å². The third kappa shape index (κ3) is 2.53. The number of ether oxygens (including phenoxy) is 1. The van der Waals surface area contributed by atoms with Crippen molar-refractivity contribution in [1.82, 2.24) is 0 Å². The monoisotopic (exact) mass is 252 g/mol. The highest BCUT2D eigenvalue weighted by atomic mass is 16.6. The van der Waals surface area contributed by atoms with E-state index in [2.05, 4.69) is 5.32 Å². The Kier molecular flexibility index (Phi) is 3.38. The van der Waals surface area contributed by atoms with E-state index < -0.39 is 4.92 Å². The predicted octanol–water partition coefficient (Wildman–Crippen LogP) is 1.93. The molecule has 0 atom stereocenters. The van der Waals surface area contributed by atoms with Gasteiger partial charge in [0, 0.05) is 17.8 Å². The van der Waals surface area contributed by atoms with Gasteiger partial charge in [-0.05, 0) is 25.8 Å². The number of nitro groups is 1. The minimum absolute atomic E-state index is 0.0451. The summed E-state index contributed by atoms with van der Waals surface area (Å²) in [6, 6.07) is 4.66. The summed E-state index contributed by atoms with van der Waals surface area (Å²) in [7, 11) is 0. The second-order valence-electron chi connectivity index (χ2n) is 4.44. The molecular weight excluding hydrogens is 236 g/mol. The standard InChI is InChI=1S/C12H16N2O4/c1-2-18-11-7-9(3-4-10(11)14(16)17)13-12(8-15)5-6-12/h3-4,7,13,15H,2,5-6,8H2,1H3. The molecule has 0 amide bonds. The van der Waals surface area contributed by atoms with E-state index in [0.29, 0.717) is 6.61 Å². The van der Waals surface area contributed by atoms with E-state index in [9.17, 15) is 15.2 Å². The number of hydrogen-bond acceptors (Lipinski definition) is 5. The highest BCUT2D eigenvalue weighted by molar-refractivity contribution is 5.59. The van der Waals surface area contributed by atoms with E-state index in [0.717, 1.165) is 18.5 Å². The molecule has 0 aromatic heterocycles. The molecule has 0 unspecified atom stereocenters. The van der Waals surface area contributed by atoms with Gasteiger partial charge in [0.15, 0.2) is 5.75 Å². The molecule has 6 nitrogen and oxygen atoms in total. The number of benzene rings is 1. The van der Waals surface area contributed by atoms with Gasteiger partial charge in [0.05, 0.1) is 23.7 Å². The Balaban J connectivity index is 2.22. The van der Waals surface area contributed by atoms with Crippen LogP contribution in [0, 0.1) is 10.1 Å². The molecule has 0 bridgehead atoms. The predicted molar refractivity (Wildman–Crippen MR) is 66.9 cm³/mol. The van der Waals surface area contributed by atoms with Gasteiger partial charge in [-0.3, -0.25) is 10.1 Å². The first-order chi connectivity index (χ1) is 8.60. The zero-order valence-corrected chi connectivity index (χ0v) is 10.2. The summed E-state index contributed by atoms with van der Waals surface area (Å²) in [5.41, 5.74) is 0.437. The number of hydrogen-bond donors (Lipinski definition) is 2. The summed E-state index contributed by atoms with van der Waals surface area (Å²) < 4.78 is 5.26. The van der Waals surface area contributed by atoms with Crippen LogP contribution < -0.4 is 10.1 Å². The number of nitro benzene ring substituents is 1. The maximum atomic E-state index is 10.8. The molecule has 0 radical (unpaired) electrons. The molecule has 2 rings (SSSR count). The van der Waals surface area contributed by atoms with Crippen molar-refractivity contribution in [2.75, 3.05) is 18.5 Å². The quantitative estimate of drug-likeness (QED) is 0.597. The van der Waals surface area contributed by atoms with Crippen molar-refractivity contribution >= 4 is 11.4 Å². The van der Waals surface area contributed by atoms with Crippen molar-refractivity contribution in [3.63, 3.8) is 0 Å². The number of nitrogens with zero attached hydrogens (tertiary/aromatic N) is 1. The van der Waals surface area contributed by atoms with Crippen molar-refractivity contribution in [3.05, 3.63) is 28.3 Å². The molecule has 1 aromatic rings. The lowest BCUT2D eigenvalue weighted by molar-refractivity contribution is -0.385. The first-order valence-corrected chi connectivity index (χ1v) is 5.90. The third-order valence-electron chi connectivity index (χ3n) is 3.02. The van der Waals surface area contributed by atoms with Crippen molar-refractivity contribution in [2.24, 2.45) is 0 Å². The SMILES string of the molecule is CCOc1cc(NC2(CO)CC2)ccc1[N+](=O)[O-]. The molecule has 18 heavy (non-hydrogen) atoms. The number of rotatable bonds is 6. The van der Waals surface area contributed by atoms with Crippen molar-refractivity contribution in [2.45, 2.75) is 25.3 Å². The van der Waals surface area contributed by atoms with Crippen LogP contribution in [0.5, 0.6) is 5.75 Å². The Hall–Kier alpha value is -1.82. The summed E-state index contributed by atoms with van der Waals surface area (Å²) >= 11 is 0. The molecule has 1 aliphatic carbocycles. The van der Waals surface area contributed by atoms with E-state index in [1.54, 1.807) is 19.1 Å². The molecule has 1 aromatic carbocycles. The van der Waals surface area contributed by atoms with Crippen LogP contribution in [0.1, 0.15) is 19.8 Å². The van der Waals surface area contributed by atoms with Crippen molar-refractivity contribution < 1.29 is 14.8 Å². The van der Waals surface area contributed by atoms with Crippen molar-refractivity contribution in [3.8, 4) is 5.75 Å². The highest BCUT2D eigenvalue weighted by Crippen LogP contribution is 2.40. The Morgan fingerprint density at radius 1 is 1.56 bits per heavy atom. The number of aliphatic hydroxyl groups is 1. The minimum Gasteiger partial charge on any atom is -0.487 e. The van der Waals surface area contributed by atoms with Gasteiger partial charge in [-0.1, -0.05) is 0 Å². The first kappa shape index (κ1) is 12.6. The van der Waals surface area contributed by atoms with Gasteiger partial charge in [0.2, 0.25) is 0 Å². The Morgan fingerprint density at radius 2 is 2.28 bits per heavy atom. The van der Waals surface area contributed by atoms with Crippen LogP contribution in [0.25, 0.3) is 0 Å². The smallest absolute Gasteiger partial charge is 0.311 e. The van der Waals surface area contributed by atoms with Crippen LogP contribution in [-0.4, -0.2) is 28.8 Å². The van der Waals surface area contributed by atoms with E-state index in [1.807, 2.05) is 0 Å². The fraction of sp³-hybridized carbons (Fsp3) is 0.500. The second kappa shape index (κ2) is 4.81. The lowest BCUT2D eigenvalue weighted by atomic mass is 10.2. The molecule has 6 heteroatoms. The van der Waals surface area contributed by atoms with Crippen LogP contribution in [0.2, 0.25) is 0 Å². The molecule has 1 fully saturated rings. The molecular formula is C12H16N2O4. The van der Waals surface area contributed by atoms with E-state index >= 15 is 0 Å². The van der Waals surface area contributed by atoms with Crippen LogP contribution in [0.15, 0.2) is 18.2 Å². The van der Waals surface area contributed by atoms with Crippen LogP contribution >= 0.6 is 0 Å². The fourth-order valence-corrected chi connectivity index (χ4v) is 1.79. The van der Waals surface area contributed by atoms with Gasteiger partial charge in [0.1, 0.15) is 0 Å². The summed E-state index contributed by atoms with van der Waals surface area (Å²) in [5.74, 6) is 0.251. The zero-order chi connectivity index (χ0) is 13.2.